The van der Waals surface area contributed by atoms with E-state index in [1.54, 1.807) is 44.2 Å². The van der Waals surface area contributed by atoms with E-state index < -0.39 is 52.5 Å². The zero-order chi connectivity index (χ0) is 52.9. The summed E-state index contributed by atoms with van der Waals surface area (Å²) >= 11 is 2.35. The lowest BCUT2D eigenvalue weighted by Crippen LogP contribution is -2.31. The Balaban J connectivity index is 0.990. The number of carbonyl (C=O) groups is 6. The van der Waals surface area contributed by atoms with E-state index in [0.29, 0.717) is 74.9 Å². The molecule has 2 aromatic rings. The van der Waals surface area contributed by atoms with Crippen molar-refractivity contribution in [2.45, 2.75) is 159 Å². The molecule has 0 spiro atoms. The van der Waals surface area contributed by atoms with Gasteiger partial charge >= 0.3 is 35.8 Å². The molecule has 0 N–H and O–H groups in total. The van der Waals surface area contributed by atoms with Crippen molar-refractivity contribution in [3.8, 4) is 29.4 Å². The van der Waals surface area contributed by atoms with Crippen LogP contribution in [0.25, 0.3) is 0 Å². The number of nitriles is 2. The topological polar surface area (TPSA) is 205 Å². The number of hydrogen-bond donors (Lipinski definition) is 0. The van der Waals surface area contributed by atoms with Crippen LogP contribution in [-0.2, 0) is 54.8 Å². The summed E-state index contributed by atoms with van der Waals surface area (Å²) in [6.07, 6.45) is 12.8. The molecular formula is C57H70N2O12S2. The molecule has 73 heavy (non-hydrogen) atoms. The molecule has 0 saturated heterocycles. The third kappa shape index (κ3) is 16.0. The average molecular weight is 1040 g/mol. The van der Waals surface area contributed by atoms with Gasteiger partial charge in [-0.05, 0) is 111 Å². The highest BCUT2D eigenvalue weighted by molar-refractivity contribution is 8.24. The molecule has 0 atom stereocenters. The van der Waals surface area contributed by atoms with Gasteiger partial charge in [-0.15, -0.1) is 0 Å². The maximum atomic E-state index is 14.1. The predicted molar refractivity (Wildman–Crippen MR) is 275 cm³/mol. The van der Waals surface area contributed by atoms with Crippen LogP contribution in [0.15, 0.2) is 62.6 Å². The van der Waals surface area contributed by atoms with Crippen LogP contribution >= 0.6 is 23.5 Å². The molecule has 0 unspecified atom stereocenters. The van der Waals surface area contributed by atoms with Gasteiger partial charge in [0, 0.05) is 23.5 Å². The number of benzene rings is 2. The molecule has 392 valence electrons. The quantitative estimate of drug-likeness (QED) is 0.0422. The molecule has 0 bridgehead atoms. The fraction of sp³-hybridized carbons (Fsp3) is 0.579. The summed E-state index contributed by atoms with van der Waals surface area (Å²) < 4.78 is 34.3. The van der Waals surface area contributed by atoms with Crippen molar-refractivity contribution in [2.24, 2.45) is 40.9 Å². The number of allylic oxidation sites excluding steroid dienone is 1. The van der Waals surface area contributed by atoms with Crippen molar-refractivity contribution in [1.82, 2.24) is 0 Å². The predicted octanol–water partition coefficient (Wildman–Crippen LogP) is 11.9. The molecule has 1 aliphatic heterocycles. The number of rotatable bonds is 19. The second-order valence-corrected chi connectivity index (χ2v) is 23.9. The highest BCUT2D eigenvalue weighted by atomic mass is 32.2. The Morgan fingerprint density at radius 3 is 1.73 bits per heavy atom. The normalized spacial score (nSPS) is 21.8. The van der Waals surface area contributed by atoms with E-state index in [9.17, 15) is 39.3 Å². The third-order valence-electron chi connectivity index (χ3n) is 14.6. The molecule has 14 nitrogen and oxygen atoms in total. The van der Waals surface area contributed by atoms with Crippen LogP contribution in [0.2, 0.25) is 0 Å². The van der Waals surface area contributed by atoms with Crippen molar-refractivity contribution in [2.75, 3.05) is 19.8 Å². The minimum atomic E-state index is -0.613. The molecule has 3 fully saturated rings. The van der Waals surface area contributed by atoms with Gasteiger partial charge in [0.25, 0.3) is 0 Å². The Labute approximate surface area is 438 Å². The van der Waals surface area contributed by atoms with Crippen LogP contribution in [0.5, 0.6) is 17.2 Å². The monoisotopic (exact) mass is 1040 g/mol. The first-order valence-electron chi connectivity index (χ1n) is 25.8. The van der Waals surface area contributed by atoms with Gasteiger partial charge in [-0.1, -0.05) is 103 Å². The number of ether oxygens (including phenoxy) is 6. The second-order valence-electron chi connectivity index (χ2n) is 21.6. The van der Waals surface area contributed by atoms with E-state index in [2.05, 4.69) is 13.5 Å². The van der Waals surface area contributed by atoms with Gasteiger partial charge in [0.2, 0.25) is 0 Å². The van der Waals surface area contributed by atoms with Gasteiger partial charge in [-0.25, -0.2) is 4.79 Å². The molecule has 0 aromatic heterocycles. The van der Waals surface area contributed by atoms with Gasteiger partial charge in [0.1, 0.15) is 35.0 Å². The summed E-state index contributed by atoms with van der Waals surface area (Å²) in [6.45, 7) is 15.3. The standard InChI is InChI=1S/C57H70N2O12S2/c1-8-35-10-14-37(15-11-35)38-16-18-40(19-17-38)53(64)70-45-30-44(56(3,4)5)49(51-50(45)72-55(73-51)42(31-58)32-59)71-54(65)41-22-20-39(21-23-41)52(63)69-43-24-12-36(13-25-43)28-29-66-47(61)26-27-48(62)68-34-57(6,7)33-67-46(60)9-2/h9,12-13,24-25,30,35,37-41H,2,8,10-11,14-23,26-29,33-34H2,1,3-7H3. The van der Waals surface area contributed by atoms with Gasteiger partial charge in [-0.2, -0.15) is 10.5 Å². The number of nitrogens with zero attached hydrogens (tertiary/aromatic N) is 2. The lowest BCUT2D eigenvalue weighted by molar-refractivity contribution is -0.154. The van der Waals surface area contributed by atoms with Crippen molar-refractivity contribution in [3.05, 3.63) is 63.9 Å². The second kappa shape index (κ2) is 26.1. The fourth-order valence-electron chi connectivity index (χ4n) is 9.98. The van der Waals surface area contributed by atoms with E-state index in [0.717, 1.165) is 49.2 Å². The molecule has 4 aliphatic rings. The number of fused-ring (bicyclic) bond motifs is 1. The number of thioether (sulfide) groups is 2. The van der Waals surface area contributed by atoms with Crippen LogP contribution < -0.4 is 14.2 Å². The molecule has 0 amide bonds. The summed E-state index contributed by atoms with van der Waals surface area (Å²) in [6, 6.07) is 12.6. The zero-order valence-electron chi connectivity index (χ0n) is 43.2. The molecule has 6 rings (SSSR count). The van der Waals surface area contributed by atoms with E-state index in [1.807, 2.05) is 32.9 Å². The van der Waals surface area contributed by atoms with E-state index >= 15 is 0 Å². The molecule has 3 saturated carbocycles. The minimum absolute atomic E-state index is 0.00579. The minimum Gasteiger partial charge on any atom is -0.465 e. The van der Waals surface area contributed by atoms with Crippen molar-refractivity contribution in [1.29, 1.82) is 10.5 Å². The maximum absolute atomic E-state index is 14.1. The van der Waals surface area contributed by atoms with Crippen molar-refractivity contribution < 1.29 is 57.2 Å². The lowest BCUT2D eigenvalue weighted by atomic mass is 9.69. The summed E-state index contributed by atoms with van der Waals surface area (Å²) in [5.74, 6) is -0.724. The number of carbonyl (C=O) groups excluding carboxylic acids is 6. The van der Waals surface area contributed by atoms with Crippen LogP contribution in [0.3, 0.4) is 0 Å². The largest absolute Gasteiger partial charge is 0.465 e. The van der Waals surface area contributed by atoms with E-state index in [4.69, 9.17) is 28.4 Å². The fourth-order valence-corrected chi connectivity index (χ4v) is 12.5. The van der Waals surface area contributed by atoms with E-state index in [-0.39, 0.29) is 50.1 Å². The Bertz CT molecular complexity index is 2460. The molecular weight excluding hydrogens is 969 g/mol. The SMILES string of the molecule is C=CC(=O)OCC(C)(C)COC(=O)CCC(=O)OCCc1ccc(OC(=O)C2CCC(C(=O)Oc3c(C(C)(C)C)cc(OC(=O)C4CCC(C5CCC(CC)CC5)CC4)c4c3SC(=C(C#N)C#N)S4)CC2)cc1. The Kier molecular flexibility index (Phi) is 20.3. The summed E-state index contributed by atoms with van der Waals surface area (Å²) in [5, 5.41) is 19.7. The Morgan fingerprint density at radius 2 is 1.18 bits per heavy atom. The highest BCUT2D eigenvalue weighted by Crippen LogP contribution is 2.61. The molecule has 1 heterocycles. The van der Waals surface area contributed by atoms with Crippen LogP contribution in [0.1, 0.15) is 149 Å². The summed E-state index contributed by atoms with van der Waals surface area (Å²) in [7, 11) is 0. The smallest absolute Gasteiger partial charge is 0.330 e. The Morgan fingerprint density at radius 1 is 0.671 bits per heavy atom. The van der Waals surface area contributed by atoms with Crippen LogP contribution in [-0.4, -0.2) is 55.6 Å². The van der Waals surface area contributed by atoms with Crippen molar-refractivity contribution >= 4 is 59.3 Å². The number of esters is 6. The first-order valence-corrected chi connectivity index (χ1v) is 27.4. The Hall–Kier alpha value is -5.58. The number of hydrogen-bond acceptors (Lipinski definition) is 16. The van der Waals surface area contributed by atoms with Gasteiger partial charge in [0.15, 0.2) is 0 Å². The molecule has 3 aliphatic carbocycles. The average Bonchev–Trinajstić information content (AvgIpc) is 3.84. The molecule has 2 aromatic carbocycles. The summed E-state index contributed by atoms with van der Waals surface area (Å²) in [4.78, 5) is 78.1. The first-order chi connectivity index (χ1) is 34.8. The van der Waals surface area contributed by atoms with Gasteiger partial charge < -0.3 is 28.4 Å². The van der Waals surface area contributed by atoms with E-state index in [1.165, 1.54) is 55.6 Å². The summed E-state index contributed by atoms with van der Waals surface area (Å²) in [5.41, 5.74) is 0.237. The third-order valence-corrected chi connectivity index (χ3v) is 17.2. The molecule has 16 heteroatoms. The van der Waals surface area contributed by atoms with Crippen LogP contribution in [0, 0.1) is 63.6 Å². The molecule has 0 radical (unpaired) electrons. The van der Waals surface area contributed by atoms with Crippen LogP contribution in [0.4, 0.5) is 0 Å². The first kappa shape index (κ1) is 56.7. The van der Waals surface area contributed by atoms with Crippen molar-refractivity contribution in [3.63, 3.8) is 0 Å². The van der Waals surface area contributed by atoms with Gasteiger partial charge in [0.05, 0.1) is 64.4 Å². The van der Waals surface area contributed by atoms with Gasteiger partial charge in [-0.3, -0.25) is 24.0 Å². The zero-order valence-corrected chi connectivity index (χ0v) is 44.8. The maximum Gasteiger partial charge on any atom is 0.330 e. The lowest BCUT2D eigenvalue weighted by Gasteiger charge is -2.37. The highest BCUT2D eigenvalue weighted by Gasteiger charge is 2.39.